The fraction of sp³-hybridized carbons (Fsp3) is 0.381. The molecular formula is C21H22F2N6O3. The van der Waals surface area contributed by atoms with Gasteiger partial charge in [-0.05, 0) is 18.1 Å². The lowest BCUT2D eigenvalue weighted by Gasteiger charge is -2.34. The van der Waals surface area contributed by atoms with Crippen LogP contribution in [-0.2, 0) is 4.79 Å². The van der Waals surface area contributed by atoms with Gasteiger partial charge in [-0.2, -0.15) is 9.61 Å². The Labute approximate surface area is 182 Å². The quantitative estimate of drug-likeness (QED) is 0.533. The molecule has 2 aromatic heterocycles. The number of hydrogen-bond donors (Lipinski definition) is 3. The zero-order valence-electron chi connectivity index (χ0n) is 17.3. The van der Waals surface area contributed by atoms with Gasteiger partial charge in [0.2, 0.25) is 11.8 Å². The van der Waals surface area contributed by atoms with Gasteiger partial charge >= 0.3 is 0 Å². The SMILES string of the molecule is CNc1cc(Nc2cccc3c2OCCO3)nc2c(NC(=O)CC3CC(F)(F)C3)cnn12. The van der Waals surface area contributed by atoms with E-state index in [4.69, 9.17) is 9.47 Å². The topological polar surface area (TPSA) is 102 Å². The number of ether oxygens (including phenoxy) is 2. The van der Waals surface area contributed by atoms with Gasteiger partial charge in [-0.1, -0.05) is 6.07 Å². The third kappa shape index (κ3) is 3.85. The highest BCUT2D eigenvalue weighted by Crippen LogP contribution is 2.44. The molecule has 1 fully saturated rings. The lowest BCUT2D eigenvalue weighted by Crippen LogP contribution is -2.37. The minimum Gasteiger partial charge on any atom is -0.486 e. The maximum Gasteiger partial charge on any atom is 0.248 e. The molecule has 1 saturated carbocycles. The summed E-state index contributed by atoms with van der Waals surface area (Å²) in [6.45, 7) is 0.938. The van der Waals surface area contributed by atoms with Crippen molar-refractivity contribution in [3.63, 3.8) is 0 Å². The largest absolute Gasteiger partial charge is 0.486 e. The predicted molar refractivity (Wildman–Crippen MR) is 114 cm³/mol. The summed E-state index contributed by atoms with van der Waals surface area (Å²) in [7, 11) is 1.75. The average Bonchev–Trinajstić information content (AvgIpc) is 3.14. The molecule has 168 valence electrons. The van der Waals surface area contributed by atoms with Gasteiger partial charge in [0, 0.05) is 32.4 Å². The molecule has 1 amide bonds. The van der Waals surface area contributed by atoms with E-state index in [1.165, 1.54) is 6.20 Å². The molecule has 11 heteroatoms. The van der Waals surface area contributed by atoms with Crippen molar-refractivity contribution < 1.29 is 23.0 Å². The Balaban J connectivity index is 1.40. The van der Waals surface area contributed by atoms with E-state index in [0.717, 1.165) is 0 Å². The lowest BCUT2D eigenvalue weighted by atomic mass is 9.79. The number of carbonyl (C=O) groups is 1. The zero-order valence-corrected chi connectivity index (χ0v) is 17.3. The number of fused-ring (bicyclic) bond motifs is 2. The molecule has 0 unspecified atom stereocenters. The second-order valence-corrected chi connectivity index (χ2v) is 7.91. The van der Waals surface area contributed by atoms with Crippen LogP contribution in [0.3, 0.4) is 0 Å². The molecule has 32 heavy (non-hydrogen) atoms. The van der Waals surface area contributed by atoms with E-state index in [0.29, 0.717) is 53.4 Å². The van der Waals surface area contributed by atoms with E-state index in [-0.39, 0.29) is 31.1 Å². The first-order valence-corrected chi connectivity index (χ1v) is 10.3. The molecule has 0 radical (unpaired) electrons. The number of carbonyl (C=O) groups excluding carboxylic acids is 1. The van der Waals surface area contributed by atoms with Crippen LogP contribution in [0.15, 0.2) is 30.5 Å². The molecule has 5 rings (SSSR count). The maximum absolute atomic E-state index is 13.1. The standard InChI is InChI=1S/C21H22F2N6O3/c1-24-17-8-16(26-13-3-2-4-15-19(13)32-6-5-31-15)28-20-14(11-25-29(17)20)27-18(30)7-12-9-21(22,23)10-12/h2-4,8,11-12,24H,5-7,9-10H2,1H3,(H,26,28)(H,27,30). The summed E-state index contributed by atoms with van der Waals surface area (Å²) in [5.41, 5.74) is 1.50. The van der Waals surface area contributed by atoms with Crippen LogP contribution >= 0.6 is 0 Å². The van der Waals surface area contributed by atoms with Gasteiger partial charge in [0.1, 0.15) is 30.5 Å². The molecule has 2 aliphatic rings. The van der Waals surface area contributed by atoms with Crippen molar-refractivity contribution in [3.8, 4) is 11.5 Å². The van der Waals surface area contributed by atoms with Gasteiger partial charge in [0.25, 0.3) is 0 Å². The normalized spacial score (nSPS) is 17.0. The first-order chi connectivity index (χ1) is 15.4. The number of benzene rings is 1. The molecule has 1 aromatic carbocycles. The number of alkyl halides is 2. The zero-order chi connectivity index (χ0) is 22.3. The summed E-state index contributed by atoms with van der Waals surface area (Å²) in [6.07, 6.45) is 1.02. The number of para-hydroxylation sites is 1. The molecule has 3 aromatic rings. The summed E-state index contributed by atoms with van der Waals surface area (Å²) in [5, 5.41) is 13.3. The highest BCUT2D eigenvalue weighted by molar-refractivity contribution is 5.94. The van der Waals surface area contributed by atoms with Crippen LogP contribution in [0.25, 0.3) is 5.65 Å². The average molecular weight is 444 g/mol. The summed E-state index contributed by atoms with van der Waals surface area (Å²) < 4.78 is 39.0. The molecule has 1 aliphatic heterocycles. The van der Waals surface area contributed by atoms with Crippen LogP contribution < -0.4 is 25.4 Å². The van der Waals surface area contributed by atoms with Gasteiger partial charge in [0.05, 0.1) is 11.9 Å². The number of rotatable bonds is 6. The second-order valence-electron chi connectivity index (χ2n) is 7.91. The van der Waals surface area contributed by atoms with Gasteiger partial charge in [-0.3, -0.25) is 4.79 Å². The first-order valence-electron chi connectivity index (χ1n) is 10.3. The molecular weight excluding hydrogens is 422 g/mol. The van der Waals surface area contributed by atoms with E-state index in [1.54, 1.807) is 17.6 Å². The monoisotopic (exact) mass is 444 g/mol. The minimum atomic E-state index is -2.65. The third-order valence-electron chi connectivity index (χ3n) is 5.48. The van der Waals surface area contributed by atoms with E-state index in [2.05, 4.69) is 26.0 Å². The number of aromatic nitrogens is 3. The number of anilines is 4. The van der Waals surface area contributed by atoms with Gasteiger partial charge < -0.3 is 25.4 Å². The molecule has 3 heterocycles. The first kappa shape index (κ1) is 20.3. The van der Waals surface area contributed by atoms with Crippen LogP contribution in [-0.4, -0.2) is 46.7 Å². The van der Waals surface area contributed by atoms with Crippen LogP contribution in [0, 0.1) is 5.92 Å². The number of hydrogen-bond acceptors (Lipinski definition) is 7. The number of nitrogens with zero attached hydrogens (tertiary/aromatic N) is 3. The van der Waals surface area contributed by atoms with E-state index < -0.39 is 5.92 Å². The summed E-state index contributed by atoms with van der Waals surface area (Å²) in [4.78, 5) is 17.0. The van der Waals surface area contributed by atoms with Gasteiger partial charge in [-0.25, -0.2) is 13.8 Å². The highest BCUT2D eigenvalue weighted by atomic mass is 19.3. The summed E-state index contributed by atoms with van der Waals surface area (Å²) in [5.74, 6) is -0.908. The molecule has 0 atom stereocenters. The molecule has 0 saturated heterocycles. The molecule has 9 nitrogen and oxygen atoms in total. The van der Waals surface area contributed by atoms with Gasteiger partial charge in [0.15, 0.2) is 17.1 Å². The fourth-order valence-electron chi connectivity index (χ4n) is 4.00. The number of amides is 1. The van der Waals surface area contributed by atoms with Crippen molar-refractivity contribution in [1.29, 1.82) is 0 Å². The van der Waals surface area contributed by atoms with Crippen molar-refractivity contribution in [2.75, 3.05) is 36.2 Å². The third-order valence-corrected chi connectivity index (χ3v) is 5.48. The van der Waals surface area contributed by atoms with E-state index >= 15 is 0 Å². The van der Waals surface area contributed by atoms with E-state index in [9.17, 15) is 13.6 Å². The number of halogens is 2. The fourth-order valence-corrected chi connectivity index (χ4v) is 4.00. The van der Waals surface area contributed by atoms with Crippen LogP contribution in [0.4, 0.5) is 31.8 Å². The Morgan fingerprint density at radius 1 is 1.25 bits per heavy atom. The van der Waals surface area contributed by atoms with Crippen LogP contribution in [0.1, 0.15) is 19.3 Å². The summed E-state index contributed by atoms with van der Waals surface area (Å²) >= 11 is 0. The van der Waals surface area contributed by atoms with Crippen molar-refractivity contribution in [2.45, 2.75) is 25.2 Å². The van der Waals surface area contributed by atoms with Crippen LogP contribution in [0.2, 0.25) is 0 Å². The van der Waals surface area contributed by atoms with Gasteiger partial charge in [-0.15, -0.1) is 0 Å². The molecule has 1 aliphatic carbocycles. The summed E-state index contributed by atoms with van der Waals surface area (Å²) in [6, 6.07) is 7.30. The second kappa shape index (κ2) is 7.81. The minimum absolute atomic E-state index is 0.0389. The van der Waals surface area contributed by atoms with Crippen molar-refractivity contribution >= 4 is 34.6 Å². The van der Waals surface area contributed by atoms with E-state index in [1.807, 2.05) is 18.2 Å². The molecule has 3 N–H and O–H groups in total. The van der Waals surface area contributed by atoms with Crippen molar-refractivity contribution in [2.24, 2.45) is 5.92 Å². The number of nitrogens with one attached hydrogen (secondary N) is 3. The molecule has 0 spiro atoms. The smallest absolute Gasteiger partial charge is 0.248 e. The Kier molecular flexibility index (Phi) is 4.95. The Hall–Kier alpha value is -3.63. The Bertz CT molecular complexity index is 1170. The van der Waals surface area contributed by atoms with Crippen molar-refractivity contribution in [3.05, 3.63) is 30.5 Å². The Morgan fingerprint density at radius 2 is 2.06 bits per heavy atom. The molecule has 0 bridgehead atoms. The Morgan fingerprint density at radius 3 is 2.84 bits per heavy atom. The highest BCUT2D eigenvalue weighted by Gasteiger charge is 2.45. The van der Waals surface area contributed by atoms with Crippen LogP contribution in [0.5, 0.6) is 11.5 Å². The van der Waals surface area contributed by atoms with Crippen molar-refractivity contribution in [1.82, 2.24) is 14.6 Å². The lowest BCUT2D eigenvalue weighted by molar-refractivity contribution is -0.129. The maximum atomic E-state index is 13.1. The predicted octanol–water partition coefficient (Wildman–Crippen LogP) is 3.66.